The zero-order valence-electron chi connectivity index (χ0n) is 10.1. The fourth-order valence-corrected chi connectivity index (χ4v) is 1.56. The molecule has 7 heteroatoms. The Morgan fingerprint density at radius 1 is 1.30 bits per heavy atom. The standard InChI is InChI=1S/C13H10FN3O3/c14-9-6-7(3-4-8(9)13(19)20)17-12(18)11-10(15)2-1-5-16-11/h1-6H,15H2,(H,17,18)(H,19,20). The van der Waals surface area contributed by atoms with Crippen molar-refractivity contribution < 1.29 is 19.1 Å². The molecule has 102 valence electrons. The molecule has 0 aliphatic rings. The molecule has 0 aliphatic carbocycles. The van der Waals surface area contributed by atoms with Crippen molar-refractivity contribution in [3.8, 4) is 0 Å². The smallest absolute Gasteiger partial charge is 0.338 e. The van der Waals surface area contributed by atoms with Gasteiger partial charge in [0.25, 0.3) is 5.91 Å². The van der Waals surface area contributed by atoms with E-state index in [1.807, 2.05) is 0 Å². The Morgan fingerprint density at radius 3 is 2.65 bits per heavy atom. The summed E-state index contributed by atoms with van der Waals surface area (Å²) < 4.78 is 13.5. The highest BCUT2D eigenvalue weighted by Crippen LogP contribution is 2.16. The molecule has 0 saturated carbocycles. The van der Waals surface area contributed by atoms with Crippen molar-refractivity contribution in [2.45, 2.75) is 0 Å². The molecule has 0 bridgehead atoms. The van der Waals surface area contributed by atoms with Crippen molar-refractivity contribution in [1.29, 1.82) is 0 Å². The summed E-state index contributed by atoms with van der Waals surface area (Å²) in [6.07, 6.45) is 1.40. The van der Waals surface area contributed by atoms with Crippen LogP contribution in [-0.2, 0) is 0 Å². The molecule has 0 fully saturated rings. The number of rotatable bonds is 3. The number of nitrogens with one attached hydrogen (secondary N) is 1. The number of aromatic nitrogens is 1. The van der Waals surface area contributed by atoms with Gasteiger partial charge >= 0.3 is 5.97 Å². The van der Waals surface area contributed by atoms with Gasteiger partial charge in [-0.25, -0.2) is 14.2 Å². The first kappa shape index (κ1) is 13.5. The van der Waals surface area contributed by atoms with Gasteiger partial charge in [0.1, 0.15) is 5.82 Å². The topological polar surface area (TPSA) is 105 Å². The minimum atomic E-state index is -1.38. The number of hydrogen-bond acceptors (Lipinski definition) is 4. The van der Waals surface area contributed by atoms with Crippen LogP contribution in [0.25, 0.3) is 0 Å². The summed E-state index contributed by atoms with van der Waals surface area (Å²) in [5.74, 6) is -2.93. The Balaban J connectivity index is 2.23. The first-order valence-corrected chi connectivity index (χ1v) is 5.53. The maximum absolute atomic E-state index is 13.5. The van der Waals surface area contributed by atoms with E-state index < -0.39 is 23.3 Å². The van der Waals surface area contributed by atoms with E-state index in [0.29, 0.717) is 0 Å². The second kappa shape index (κ2) is 5.35. The van der Waals surface area contributed by atoms with Gasteiger partial charge in [-0.1, -0.05) is 0 Å². The number of carbonyl (C=O) groups excluding carboxylic acids is 1. The van der Waals surface area contributed by atoms with Gasteiger partial charge < -0.3 is 16.2 Å². The number of anilines is 2. The Kier molecular flexibility index (Phi) is 3.60. The van der Waals surface area contributed by atoms with E-state index in [2.05, 4.69) is 10.3 Å². The van der Waals surface area contributed by atoms with Crippen LogP contribution < -0.4 is 11.1 Å². The van der Waals surface area contributed by atoms with Crippen LogP contribution in [0.4, 0.5) is 15.8 Å². The molecule has 0 spiro atoms. The molecule has 0 aliphatic heterocycles. The number of nitrogens with zero attached hydrogens (tertiary/aromatic N) is 1. The highest BCUT2D eigenvalue weighted by atomic mass is 19.1. The maximum Gasteiger partial charge on any atom is 0.338 e. The van der Waals surface area contributed by atoms with Crippen LogP contribution in [0.1, 0.15) is 20.8 Å². The minimum absolute atomic E-state index is 0.00946. The number of halogens is 1. The number of nitrogens with two attached hydrogens (primary N) is 1. The quantitative estimate of drug-likeness (QED) is 0.791. The van der Waals surface area contributed by atoms with Gasteiger partial charge in [-0.15, -0.1) is 0 Å². The molecule has 0 atom stereocenters. The van der Waals surface area contributed by atoms with Gasteiger partial charge in [-0.05, 0) is 30.3 Å². The Hall–Kier alpha value is -2.96. The highest BCUT2D eigenvalue weighted by Gasteiger charge is 2.14. The van der Waals surface area contributed by atoms with Crippen LogP contribution in [0.5, 0.6) is 0 Å². The van der Waals surface area contributed by atoms with E-state index in [-0.39, 0.29) is 17.1 Å². The fourth-order valence-electron chi connectivity index (χ4n) is 1.56. The number of amides is 1. The molecular weight excluding hydrogens is 265 g/mol. The fraction of sp³-hybridized carbons (Fsp3) is 0. The molecule has 1 aromatic carbocycles. The number of pyridine rings is 1. The van der Waals surface area contributed by atoms with Gasteiger partial charge in [-0.3, -0.25) is 4.79 Å². The van der Waals surface area contributed by atoms with Gasteiger partial charge in [-0.2, -0.15) is 0 Å². The van der Waals surface area contributed by atoms with Crippen LogP contribution in [0.15, 0.2) is 36.5 Å². The van der Waals surface area contributed by atoms with E-state index in [1.54, 1.807) is 6.07 Å². The van der Waals surface area contributed by atoms with E-state index >= 15 is 0 Å². The SMILES string of the molecule is Nc1cccnc1C(=O)Nc1ccc(C(=O)O)c(F)c1. The summed E-state index contributed by atoms with van der Waals surface area (Å²) in [7, 11) is 0. The first-order chi connectivity index (χ1) is 9.49. The van der Waals surface area contributed by atoms with Crippen LogP contribution in [0, 0.1) is 5.82 Å². The van der Waals surface area contributed by atoms with E-state index in [9.17, 15) is 14.0 Å². The van der Waals surface area contributed by atoms with E-state index in [4.69, 9.17) is 10.8 Å². The molecule has 20 heavy (non-hydrogen) atoms. The summed E-state index contributed by atoms with van der Waals surface area (Å²) >= 11 is 0. The first-order valence-electron chi connectivity index (χ1n) is 5.53. The molecule has 4 N–H and O–H groups in total. The predicted octanol–water partition coefficient (Wildman–Crippen LogP) is 1.75. The molecular formula is C13H10FN3O3. The Morgan fingerprint density at radius 2 is 2.05 bits per heavy atom. The van der Waals surface area contributed by atoms with Gasteiger partial charge in [0.15, 0.2) is 5.69 Å². The summed E-state index contributed by atoms with van der Waals surface area (Å²) in [5, 5.41) is 11.1. The zero-order valence-corrected chi connectivity index (χ0v) is 10.1. The third-order valence-corrected chi connectivity index (χ3v) is 2.51. The largest absolute Gasteiger partial charge is 0.478 e. The molecule has 0 saturated heterocycles. The summed E-state index contributed by atoms with van der Waals surface area (Å²) in [5.41, 5.74) is 5.43. The number of aromatic carboxylic acids is 1. The molecule has 1 amide bonds. The van der Waals surface area contributed by atoms with Crippen molar-refractivity contribution >= 4 is 23.3 Å². The second-order valence-corrected chi connectivity index (χ2v) is 3.90. The minimum Gasteiger partial charge on any atom is -0.478 e. The zero-order chi connectivity index (χ0) is 14.7. The predicted molar refractivity (Wildman–Crippen MR) is 70.0 cm³/mol. The van der Waals surface area contributed by atoms with Crippen molar-refractivity contribution in [3.63, 3.8) is 0 Å². The van der Waals surface area contributed by atoms with Gasteiger partial charge in [0, 0.05) is 11.9 Å². The Labute approximate surface area is 113 Å². The lowest BCUT2D eigenvalue weighted by molar-refractivity contribution is 0.0692. The number of carboxylic acid groups (broad SMARTS) is 1. The number of benzene rings is 1. The number of nitrogen functional groups attached to an aromatic ring is 1. The normalized spacial score (nSPS) is 10.1. The van der Waals surface area contributed by atoms with Crippen molar-refractivity contribution in [2.75, 3.05) is 11.1 Å². The summed E-state index contributed by atoms with van der Waals surface area (Å²) in [6, 6.07) is 6.35. The molecule has 1 heterocycles. The van der Waals surface area contributed by atoms with Gasteiger partial charge in [0.2, 0.25) is 0 Å². The number of carboxylic acids is 1. The molecule has 2 rings (SSSR count). The number of carbonyl (C=O) groups is 2. The van der Waals surface area contributed by atoms with Crippen LogP contribution in [0.2, 0.25) is 0 Å². The van der Waals surface area contributed by atoms with Crippen molar-refractivity contribution in [1.82, 2.24) is 4.98 Å². The third kappa shape index (κ3) is 2.72. The lowest BCUT2D eigenvalue weighted by atomic mass is 10.2. The average Bonchev–Trinajstić information content (AvgIpc) is 2.38. The second-order valence-electron chi connectivity index (χ2n) is 3.90. The third-order valence-electron chi connectivity index (χ3n) is 2.51. The number of hydrogen-bond donors (Lipinski definition) is 3. The van der Waals surface area contributed by atoms with Crippen LogP contribution in [0.3, 0.4) is 0 Å². The molecule has 1 aromatic heterocycles. The van der Waals surface area contributed by atoms with Crippen LogP contribution >= 0.6 is 0 Å². The average molecular weight is 275 g/mol. The summed E-state index contributed by atoms with van der Waals surface area (Å²) in [6.45, 7) is 0. The highest BCUT2D eigenvalue weighted by molar-refractivity contribution is 6.06. The molecule has 2 aromatic rings. The lowest BCUT2D eigenvalue weighted by Gasteiger charge is -2.07. The van der Waals surface area contributed by atoms with Crippen molar-refractivity contribution in [3.05, 3.63) is 53.6 Å². The van der Waals surface area contributed by atoms with E-state index in [0.717, 1.165) is 12.1 Å². The lowest BCUT2D eigenvalue weighted by Crippen LogP contribution is -2.16. The van der Waals surface area contributed by atoms with Gasteiger partial charge in [0.05, 0.1) is 11.3 Å². The molecule has 0 radical (unpaired) electrons. The Bertz CT molecular complexity index is 688. The van der Waals surface area contributed by atoms with E-state index in [1.165, 1.54) is 18.3 Å². The monoisotopic (exact) mass is 275 g/mol. The van der Waals surface area contributed by atoms with Crippen LogP contribution in [-0.4, -0.2) is 22.0 Å². The summed E-state index contributed by atoms with van der Waals surface area (Å²) in [4.78, 5) is 26.4. The molecule has 0 unspecified atom stereocenters. The maximum atomic E-state index is 13.5. The van der Waals surface area contributed by atoms with Crippen molar-refractivity contribution in [2.24, 2.45) is 0 Å². The molecule has 6 nitrogen and oxygen atoms in total.